The third kappa shape index (κ3) is 8.33. The molecule has 0 aliphatic rings. The van der Waals surface area contributed by atoms with Crippen LogP contribution in [0.15, 0.2) is 114 Å². The standard InChI is InChI=1S/C32H28ClN3O3S/c1-21-14-16-23(17-15-21)18-29(36-31(38)24-8-4-3-5-9-24)32(39)35-27-12-7-13-28(20-27)40-22(2)30(37)34-26-11-6-10-25(33)19-26/h3-20,22H,1-2H3,(H,34,37)(H,35,39)(H,36,38)/b29-18-. The van der Waals surface area contributed by atoms with E-state index >= 15 is 0 Å². The van der Waals surface area contributed by atoms with Gasteiger partial charge in [-0.3, -0.25) is 14.4 Å². The molecule has 8 heteroatoms. The lowest BCUT2D eigenvalue weighted by Gasteiger charge is -2.14. The first-order chi connectivity index (χ1) is 19.3. The number of nitrogens with one attached hydrogen (secondary N) is 3. The number of carbonyl (C=O) groups excluding carboxylic acids is 3. The van der Waals surface area contributed by atoms with E-state index in [2.05, 4.69) is 16.0 Å². The molecule has 6 nitrogen and oxygen atoms in total. The highest BCUT2D eigenvalue weighted by molar-refractivity contribution is 8.00. The molecule has 0 bridgehead atoms. The normalized spacial score (nSPS) is 11.8. The molecule has 1 atom stereocenters. The Balaban J connectivity index is 1.47. The summed E-state index contributed by atoms with van der Waals surface area (Å²) in [6, 6.07) is 30.5. The molecule has 0 heterocycles. The fraction of sp³-hybridized carbons (Fsp3) is 0.0938. The van der Waals surface area contributed by atoms with Crippen LogP contribution >= 0.6 is 23.4 Å². The van der Waals surface area contributed by atoms with Gasteiger partial charge in [0, 0.05) is 26.9 Å². The lowest BCUT2D eigenvalue weighted by molar-refractivity contribution is -0.115. The van der Waals surface area contributed by atoms with Gasteiger partial charge >= 0.3 is 0 Å². The van der Waals surface area contributed by atoms with E-state index in [4.69, 9.17) is 11.6 Å². The molecule has 0 aliphatic heterocycles. The maximum absolute atomic E-state index is 13.3. The Kier molecular flexibility index (Phi) is 9.78. The van der Waals surface area contributed by atoms with Crippen LogP contribution in [0, 0.1) is 6.92 Å². The third-order valence-electron chi connectivity index (χ3n) is 5.78. The summed E-state index contributed by atoms with van der Waals surface area (Å²) in [5, 5.41) is 8.61. The van der Waals surface area contributed by atoms with Gasteiger partial charge in [0.05, 0.1) is 5.25 Å². The number of halogens is 1. The second-order valence-corrected chi connectivity index (χ2v) is 10.9. The van der Waals surface area contributed by atoms with E-state index in [-0.39, 0.29) is 11.6 Å². The maximum Gasteiger partial charge on any atom is 0.272 e. The molecular formula is C32H28ClN3O3S. The number of anilines is 2. The highest BCUT2D eigenvalue weighted by atomic mass is 35.5. The Morgan fingerprint density at radius 1 is 0.800 bits per heavy atom. The van der Waals surface area contributed by atoms with Gasteiger partial charge in [0.25, 0.3) is 11.8 Å². The first-order valence-electron chi connectivity index (χ1n) is 12.6. The van der Waals surface area contributed by atoms with Crippen molar-refractivity contribution < 1.29 is 14.4 Å². The Labute approximate surface area is 242 Å². The number of carbonyl (C=O) groups is 3. The summed E-state index contributed by atoms with van der Waals surface area (Å²) in [6.07, 6.45) is 1.64. The number of hydrogen-bond donors (Lipinski definition) is 3. The van der Waals surface area contributed by atoms with Crippen LogP contribution < -0.4 is 16.0 Å². The number of amides is 3. The van der Waals surface area contributed by atoms with Crippen LogP contribution in [0.5, 0.6) is 0 Å². The summed E-state index contributed by atoms with van der Waals surface area (Å²) in [7, 11) is 0. The molecule has 4 aromatic carbocycles. The molecule has 0 aromatic heterocycles. The Bertz CT molecular complexity index is 1540. The smallest absolute Gasteiger partial charge is 0.272 e. The van der Waals surface area contributed by atoms with Gasteiger partial charge < -0.3 is 16.0 Å². The molecule has 0 saturated carbocycles. The fourth-order valence-electron chi connectivity index (χ4n) is 3.69. The largest absolute Gasteiger partial charge is 0.325 e. The van der Waals surface area contributed by atoms with Crippen LogP contribution in [0.25, 0.3) is 6.08 Å². The second kappa shape index (κ2) is 13.6. The van der Waals surface area contributed by atoms with Crippen LogP contribution in [0.3, 0.4) is 0 Å². The molecule has 1 unspecified atom stereocenters. The first kappa shape index (κ1) is 28.7. The van der Waals surface area contributed by atoms with Gasteiger partial charge in [-0.2, -0.15) is 0 Å². The van der Waals surface area contributed by atoms with Crippen molar-refractivity contribution in [2.45, 2.75) is 24.0 Å². The summed E-state index contributed by atoms with van der Waals surface area (Å²) < 4.78 is 0. The van der Waals surface area contributed by atoms with E-state index in [1.54, 1.807) is 79.7 Å². The third-order valence-corrected chi connectivity index (χ3v) is 7.11. The Morgan fingerprint density at radius 2 is 1.48 bits per heavy atom. The molecule has 40 heavy (non-hydrogen) atoms. The van der Waals surface area contributed by atoms with Crippen molar-refractivity contribution in [3.05, 3.63) is 131 Å². The Hall–Kier alpha value is -4.33. The lowest BCUT2D eigenvalue weighted by Crippen LogP contribution is -2.30. The van der Waals surface area contributed by atoms with E-state index in [9.17, 15) is 14.4 Å². The molecule has 4 aromatic rings. The van der Waals surface area contributed by atoms with Crippen molar-refractivity contribution in [3.8, 4) is 0 Å². The maximum atomic E-state index is 13.3. The summed E-state index contributed by atoms with van der Waals surface area (Å²) in [6.45, 7) is 3.78. The summed E-state index contributed by atoms with van der Waals surface area (Å²) >= 11 is 7.37. The summed E-state index contributed by atoms with van der Waals surface area (Å²) in [4.78, 5) is 39.7. The van der Waals surface area contributed by atoms with E-state index in [0.29, 0.717) is 22.0 Å². The van der Waals surface area contributed by atoms with Crippen LogP contribution in [0.1, 0.15) is 28.4 Å². The minimum Gasteiger partial charge on any atom is -0.325 e. The zero-order chi connectivity index (χ0) is 28.5. The molecule has 3 amide bonds. The van der Waals surface area contributed by atoms with Gasteiger partial charge in [0.1, 0.15) is 5.70 Å². The van der Waals surface area contributed by atoms with Crippen LogP contribution in [0.2, 0.25) is 5.02 Å². The summed E-state index contributed by atoms with van der Waals surface area (Å²) in [5.74, 6) is -1.04. The quantitative estimate of drug-likeness (QED) is 0.147. The molecule has 3 N–H and O–H groups in total. The fourth-order valence-corrected chi connectivity index (χ4v) is 4.80. The minimum atomic E-state index is -0.473. The average Bonchev–Trinajstić information content (AvgIpc) is 2.94. The molecule has 4 rings (SSSR count). The molecule has 0 radical (unpaired) electrons. The number of thioether (sulfide) groups is 1. The lowest BCUT2D eigenvalue weighted by atomic mass is 10.1. The van der Waals surface area contributed by atoms with Crippen molar-refractivity contribution in [2.75, 3.05) is 10.6 Å². The predicted octanol–water partition coefficient (Wildman–Crippen LogP) is 7.18. The van der Waals surface area contributed by atoms with Gasteiger partial charge in [0.2, 0.25) is 5.91 Å². The minimum absolute atomic E-state index is 0.102. The second-order valence-electron chi connectivity index (χ2n) is 9.03. The van der Waals surface area contributed by atoms with Crippen molar-refractivity contribution in [1.29, 1.82) is 0 Å². The monoisotopic (exact) mass is 569 g/mol. The highest BCUT2D eigenvalue weighted by Gasteiger charge is 2.17. The number of benzene rings is 4. The van der Waals surface area contributed by atoms with Crippen molar-refractivity contribution in [1.82, 2.24) is 5.32 Å². The SMILES string of the molecule is Cc1ccc(/C=C(\NC(=O)c2ccccc2)C(=O)Nc2cccc(SC(C)C(=O)Nc3cccc(Cl)c3)c2)cc1. The molecule has 0 fully saturated rings. The summed E-state index contributed by atoms with van der Waals surface area (Å²) in [5.41, 5.74) is 3.55. The van der Waals surface area contributed by atoms with Crippen molar-refractivity contribution >= 4 is 58.5 Å². The number of hydrogen-bond acceptors (Lipinski definition) is 4. The zero-order valence-corrected chi connectivity index (χ0v) is 23.6. The topological polar surface area (TPSA) is 87.3 Å². The molecule has 0 aliphatic carbocycles. The van der Waals surface area contributed by atoms with Gasteiger partial charge in [0.15, 0.2) is 0 Å². The van der Waals surface area contributed by atoms with Gasteiger partial charge in [-0.25, -0.2) is 0 Å². The highest BCUT2D eigenvalue weighted by Crippen LogP contribution is 2.27. The van der Waals surface area contributed by atoms with Gasteiger partial charge in [-0.15, -0.1) is 11.8 Å². The van der Waals surface area contributed by atoms with Crippen LogP contribution in [0.4, 0.5) is 11.4 Å². The number of rotatable bonds is 9. The Morgan fingerprint density at radius 3 is 2.17 bits per heavy atom. The van der Waals surface area contributed by atoms with E-state index in [1.165, 1.54) is 11.8 Å². The predicted molar refractivity (Wildman–Crippen MR) is 164 cm³/mol. The molecule has 0 spiro atoms. The van der Waals surface area contributed by atoms with Crippen LogP contribution in [-0.4, -0.2) is 23.0 Å². The first-order valence-corrected chi connectivity index (χ1v) is 13.8. The molecule has 0 saturated heterocycles. The molecular weight excluding hydrogens is 542 g/mol. The zero-order valence-electron chi connectivity index (χ0n) is 22.0. The molecule has 202 valence electrons. The van der Waals surface area contributed by atoms with Crippen molar-refractivity contribution in [2.24, 2.45) is 0 Å². The van der Waals surface area contributed by atoms with Crippen LogP contribution in [-0.2, 0) is 9.59 Å². The number of aryl methyl sites for hydroxylation is 1. The van der Waals surface area contributed by atoms with Gasteiger partial charge in [-0.1, -0.05) is 71.8 Å². The van der Waals surface area contributed by atoms with Crippen molar-refractivity contribution in [3.63, 3.8) is 0 Å². The van der Waals surface area contributed by atoms with E-state index in [1.807, 2.05) is 43.3 Å². The van der Waals surface area contributed by atoms with E-state index in [0.717, 1.165) is 16.0 Å². The van der Waals surface area contributed by atoms with E-state index < -0.39 is 17.1 Å². The average molecular weight is 570 g/mol. The van der Waals surface area contributed by atoms with Gasteiger partial charge in [-0.05, 0) is 74.0 Å².